The van der Waals surface area contributed by atoms with Crippen LogP contribution in [0.5, 0.6) is 0 Å². The number of benzene rings is 1. The Morgan fingerprint density at radius 3 is 2.26 bits per heavy atom. The van der Waals surface area contributed by atoms with Gasteiger partial charge in [-0.2, -0.15) is 5.10 Å². The highest BCUT2D eigenvalue weighted by Gasteiger charge is 2.27. The number of carbonyl (C=O) groups is 1. The third-order valence-electron chi connectivity index (χ3n) is 4.13. The van der Waals surface area contributed by atoms with E-state index in [1.54, 1.807) is 10.7 Å². The van der Waals surface area contributed by atoms with Gasteiger partial charge in [-0.05, 0) is 33.8 Å². The molecule has 2 aromatic rings. The summed E-state index contributed by atoms with van der Waals surface area (Å²) in [5.74, 6) is -0.988. The van der Waals surface area contributed by atoms with Crippen molar-refractivity contribution in [3.63, 3.8) is 0 Å². The zero-order valence-corrected chi connectivity index (χ0v) is 16.7. The van der Waals surface area contributed by atoms with Crippen LogP contribution in [0.3, 0.4) is 0 Å². The quantitative estimate of drug-likeness (QED) is 0.629. The predicted molar refractivity (Wildman–Crippen MR) is 102 cm³/mol. The average molecular weight is 376 g/mol. The molecule has 1 heterocycles. The van der Waals surface area contributed by atoms with E-state index in [-0.39, 0.29) is 16.5 Å². The average Bonchev–Trinajstić information content (AvgIpc) is 2.93. The van der Waals surface area contributed by atoms with Crippen molar-refractivity contribution in [1.82, 2.24) is 9.78 Å². The fourth-order valence-electron chi connectivity index (χ4n) is 2.52. The molecule has 2 rings (SSSR count). The van der Waals surface area contributed by atoms with Gasteiger partial charge >= 0.3 is 0 Å². The molecule has 0 atom stereocenters. The molecule has 1 amide bonds. The Morgan fingerprint density at radius 2 is 1.78 bits per heavy atom. The highest BCUT2D eigenvalue weighted by molar-refractivity contribution is 6.04. The van der Waals surface area contributed by atoms with Crippen LogP contribution < -0.4 is 5.32 Å². The molecule has 8 heteroatoms. The van der Waals surface area contributed by atoms with E-state index in [9.17, 15) is 19.3 Å². The van der Waals surface area contributed by atoms with Crippen molar-refractivity contribution in [2.75, 3.05) is 5.32 Å². The lowest BCUT2D eigenvalue weighted by atomic mass is 9.92. The van der Waals surface area contributed by atoms with E-state index in [1.165, 1.54) is 6.92 Å². The van der Waals surface area contributed by atoms with E-state index in [4.69, 9.17) is 0 Å². The minimum absolute atomic E-state index is 0.105. The molecule has 0 bridgehead atoms. The van der Waals surface area contributed by atoms with Crippen LogP contribution in [-0.4, -0.2) is 20.6 Å². The Hall–Kier alpha value is -2.77. The number of nitrogens with zero attached hydrogens (tertiary/aromatic N) is 3. The van der Waals surface area contributed by atoms with Gasteiger partial charge in [-0.15, -0.1) is 0 Å². The lowest BCUT2D eigenvalue weighted by Crippen LogP contribution is -2.27. The first kappa shape index (κ1) is 20.5. The summed E-state index contributed by atoms with van der Waals surface area (Å²) in [5.41, 5.74) is -0.509. The molecule has 0 unspecified atom stereocenters. The first-order chi connectivity index (χ1) is 12.2. The van der Waals surface area contributed by atoms with Crippen LogP contribution in [0, 0.1) is 22.9 Å². The summed E-state index contributed by atoms with van der Waals surface area (Å²) >= 11 is 0. The molecule has 0 radical (unpaired) electrons. The molecule has 0 spiro atoms. The molecular weight excluding hydrogens is 351 g/mol. The first-order valence-corrected chi connectivity index (χ1v) is 8.58. The van der Waals surface area contributed by atoms with Crippen LogP contribution in [0.2, 0.25) is 0 Å². The van der Waals surface area contributed by atoms with Crippen molar-refractivity contribution >= 4 is 17.4 Å². The minimum atomic E-state index is -0.797. The van der Waals surface area contributed by atoms with E-state index in [2.05, 4.69) is 10.4 Å². The van der Waals surface area contributed by atoms with Crippen LogP contribution in [0.15, 0.2) is 18.2 Å². The minimum Gasteiger partial charge on any atom is -0.307 e. The zero-order chi connectivity index (χ0) is 20.7. The molecular formula is C19H25FN4O3. The molecule has 1 aromatic heterocycles. The summed E-state index contributed by atoms with van der Waals surface area (Å²) in [6, 6.07) is 3.85. The largest absolute Gasteiger partial charge is 0.307 e. The molecule has 0 aliphatic carbocycles. The number of nitro groups is 1. The lowest BCUT2D eigenvalue weighted by molar-refractivity contribution is -0.385. The van der Waals surface area contributed by atoms with Gasteiger partial charge in [0.25, 0.3) is 11.6 Å². The van der Waals surface area contributed by atoms with Gasteiger partial charge in [-0.1, -0.05) is 20.8 Å². The molecule has 0 aliphatic rings. The lowest BCUT2D eigenvalue weighted by Gasteiger charge is -2.23. The number of carbonyl (C=O) groups excluding carboxylic acids is 1. The van der Waals surface area contributed by atoms with Gasteiger partial charge in [0.2, 0.25) is 0 Å². The second-order valence-corrected chi connectivity index (χ2v) is 8.56. The molecule has 7 nitrogen and oxygen atoms in total. The summed E-state index contributed by atoms with van der Waals surface area (Å²) in [6.07, 6.45) is 0. The summed E-state index contributed by atoms with van der Waals surface area (Å²) < 4.78 is 15.7. The maximum absolute atomic E-state index is 14.0. The third-order valence-corrected chi connectivity index (χ3v) is 4.13. The Kier molecular flexibility index (Phi) is 5.14. The highest BCUT2D eigenvalue weighted by Crippen LogP contribution is 2.29. The van der Waals surface area contributed by atoms with Crippen LogP contribution in [0.25, 0.3) is 0 Å². The van der Waals surface area contributed by atoms with Gasteiger partial charge in [0.1, 0.15) is 11.6 Å². The summed E-state index contributed by atoms with van der Waals surface area (Å²) in [5, 5.41) is 18.4. The van der Waals surface area contributed by atoms with E-state index >= 15 is 0 Å². The van der Waals surface area contributed by atoms with Gasteiger partial charge in [-0.3, -0.25) is 14.9 Å². The summed E-state index contributed by atoms with van der Waals surface area (Å²) in [4.78, 5) is 23.0. The second-order valence-electron chi connectivity index (χ2n) is 8.56. The van der Waals surface area contributed by atoms with Crippen molar-refractivity contribution in [2.24, 2.45) is 0 Å². The van der Waals surface area contributed by atoms with Gasteiger partial charge in [0.05, 0.1) is 21.7 Å². The Balaban J connectivity index is 2.47. The number of halogens is 1. The topological polar surface area (TPSA) is 90.1 Å². The number of nitro benzene ring substituents is 1. The molecule has 1 aromatic carbocycles. The van der Waals surface area contributed by atoms with E-state index < -0.39 is 27.9 Å². The van der Waals surface area contributed by atoms with Crippen molar-refractivity contribution < 1.29 is 14.1 Å². The van der Waals surface area contributed by atoms with E-state index in [0.29, 0.717) is 5.82 Å². The number of anilines is 1. The van der Waals surface area contributed by atoms with Crippen molar-refractivity contribution in [3.8, 4) is 0 Å². The van der Waals surface area contributed by atoms with Crippen LogP contribution in [0.1, 0.15) is 63.2 Å². The SMILES string of the molecule is Cc1c(F)cc(C(=O)Nc2cc(C(C)(C)C)nn2C(C)(C)C)cc1[N+](=O)[O-]. The van der Waals surface area contributed by atoms with Crippen molar-refractivity contribution in [3.05, 3.63) is 51.0 Å². The van der Waals surface area contributed by atoms with Gasteiger partial charge in [0.15, 0.2) is 0 Å². The Bertz CT molecular complexity index is 905. The van der Waals surface area contributed by atoms with Crippen LogP contribution in [-0.2, 0) is 11.0 Å². The number of hydrogen-bond acceptors (Lipinski definition) is 4. The van der Waals surface area contributed by atoms with Gasteiger partial charge < -0.3 is 5.32 Å². The summed E-state index contributed by atoms with van der Waals surface area (Å²) in [6.45, 7) is 13.2. The van der Waals surface area contributed by atoms with Crippen molar-refractivity contribution in [1.29, 1.82) is 0 Å². The van der Waals surface area contributed by atoms with Gasteiger partial charge in [0, 0.05) is 23.1 Å². The highest BCUT2D eigenvalue weighted by atomic mass is 19.1. The van der Waals surface area contributed by atoms with E-state index in [1.807, 2.05) is 41.5 Å². The molecule has 27 heavy (non-hydrogen) atoms. The number of amides is 1. The fraction of sp³-hybridized carbons (Fsp3) is 0.474. The normalized spacial score (nSPS) is 12.1. The molecule has 0 saturated heterocycles. The Morgan fingerprint density at radius 1 is 1.19 bits per heavy atom. The number of hydrogen-bond donors (Lipinski definition) is 1. The Labute approximate surface area is 157 Å². The zero-order valence-electron chi connectivity index (χ0n) is 16.7. The van der Waals surface area contributed by atoms with Crippen LogP contribution >= 0.6 is 0 Å². The molecule has 146 valence electrons. The number of rotatable bonds is 3. The van der Waals surface area contributed by atoms with E-state index in [0.717, 1.165) is 17.8 Å². The molecule has 0 fully saturated rings. The first-order valence-electron chi connectivity index (χ1n) is 8.58. The second kappa shape index (κ2) is 6.75. The molecule has 0 saturated carbocycles. The predicted octanol–water partition coefficient (Wildman–Crippen LogP) is 4.54. The number of aromatic nitrogens is 2. The third kappa shape index (κ3) is 4.32. The summed E-state index contributed by atoms with van der Waals surface area (Å²) in [7, 11) is 0. The van der Waals surface area contributed by atoms with Crippen LogP contribution in [0.4, 0.5) is 15.9 Å². The molecule has 1 N–H and O–H groups in total. The monoisotopic (exact) mass is 376 g/mol. The number of nitrogens with one attached hydrogen (secondary N) is 1. The maximum Gasteiger partial charge on any atom is 0.276 e. The van der Waals surface area contributed by atoms with Gasteiger partial charge in [-0.25, -0.2) is 9.07 Å². The standard InChI is InChI=1S/C19H25FN4O3/c1-11-13(20)8-12(9-14(11)24(26)27)17(25)21-16-10-15(18(2,3)4)22-23(16)19(5,6)7/h8-10H,1-7H3,(H,21,25). The smallest absolute Gasteiger partial charge is 0.276 e. The molecule has 0 aliphatic heterocycles. The maximum atomic E-state index is 14.0. The fourth-order valence-corrected chi connectivity index (χ4v) is 2.52. The van der Waals surface area contributed by atoms with Crippen molar-refractivity contribution in [2.45, 2.75) is 59.4 Å².